The van der Waals surface area contributed by atoms with Gasteiger partial charge in [-0.25, -0.2) is 10.1 Å². The Labute approximate surface area is 178 Å². The molecule has 0 fully saturated rings. The fraction of sp³-hybridized carbons (Fsp3) is 0.368. The number of ketones is 1. The zero-order chi connectivity index (χ0) is 22.4. The molecule has 4 N–H and O–H groups in total. The van der Waals surface area contributed by atoms with Crippen LogP contribution in [0.15, 0.2) is 41.5 Å². The minimum absolute atomic E-state index is 0.0126. The number of fused-ring (bicyclic) bond motifs is 1. The van der Waals surface area contributed by atoms with Crippen molar-refractivity contribution >= 4 is 30.4 Å². The van der Waals surface area contributed by atoms with Gasteiger partial charge in [0.05, 0.1) is 25.6 Å². The molecule has 2 aromatic heterocycles. The summed E-state index contributed by atoms with van der Waals surface area (Å²) in [6.45, 7) is 3.58. The van der Waals surface area contributed by atoms with E-state index in [0.29, 0.717) is 12.2 Å². The second-order valence-electron chi connectivity index (χ2n) is 6.99. The first kappa shape index (κ1) is 22.8. The van der Waals surface area contributed by atoms with Crippen molar-refractivity contribution in [3.05, 3.63) is 52.6 Å². The number of carbonyl (C=O) groups is 1. The highest BCUT2D eigenvalue weighted by Gasteiger charge is 2.27. The van der Waals surface area contributed by atoms with Crippen molar-refractivity contribution in [3.63, 3.8) is 0 Å². The molecule has 11 nitrogen and oxygen atoms in total. The number of Topliss-reactive ketones (excluding diaryl/α,β-unsaturated/α-hetero) is 1. The average molecular weight is 448 g/mol. The van der Waals surface area contributed by atoms with Gasteiger partial charge in [-0.1, -0.05) is 30.3 Å². The number of H-pyrrole nitrogens is 1. The van der Waals surface area contributed by atoms with Crippen LogP contribution >= 0.6 is 7.52 Å². The number of benzene rings is 1. The molecule has 2 atom stereocenters. The number of nitrogens with two attached hydrogens (primary N) is 1. The van der Waals surface area contributed by atoms with E-state index in [1.54, 1.807) is 11.5 Å². The Balaban J connectivity index is 1.62. The molecule has 3 rings (SSSR count). The van der Waals surface area contributed by atoms with Gasteiger partial charge in [-0.3, -0.25) is 19.1 Å². The molecule has 2 heterocycles. The minimum atomic E-state index is -3.47. The van der Waals surface area contributed by atoms with Crippen LogP contribution in [0.1, 0.15) is 19.4 Å². The van der Waals surface area contributed by atoms with Crippen molar-refractivity contribution < 1.29 is 18.6 Å². The van der Waals surface area contributed by atoms with Crippen LogP contribution < -0.4 is 16.4 Å². The molecule has 0 aliphatic carbocycles. The predicted molar refractivity (Wildman–Crippen MR) is 115 cm³/mol. The molecule has 0 aliphatic heterocycles. The van der Waals surface area contributed by atoms with Crippen molar-refractivity contribution in [2.75, 3.05) is 18.7 Å². The third kappa shape index (κ3) is 6.08. The van der Waals surface area contributed by atoms with Gasteiger partial charge >= 0.3 is 0 Å². The summed E-state index contributed by atoms with van der Waals surface area (Å²) in [6, 6.07) is 8.63. The molecule has 0 saturated carbocycles. The van der Waals surface area contributed by atoms with Crippen LogP contribution in [0.5, 0.6) is 0 Å². The number of rotatable bonds is 11. The molecule has 1 aromatic carbocycles. The molecule has 0 spiro atoms. The van der Waals surface area contributed by atoms with Crippen molar-refractivity contribution in [2.24, 2.45) is 0 Å². The quantitative estimate of drug-likeness (QED) is 0.293. The number of nitrogen functional groups attached to an aromatic ring is 1. The molecule has 31 heavy (non-hydrogen) atoms. The average Bonchev–Trinajstić information content (AvgIpc) is 3.13. The Morgan fingerprint density at radius 2 is 2.10 bits per heavy atom. The molecule has 3 aromatic rings. The number of nitrogens with one attached hydrogen (secondary N) is 2. The van der Waals surface area contributed by atoms with Gasteiger partial charge in [0, 0.05) is 6.54 Å². The highest BCUT2D eigenvalue weighted by Crippen LogP contribution is 2.44. The van der Waals surface area contributed by atoms with Crippen molar-refractivity contribution in [2.45, 2.75) is 33.0 Å². The first-order valence-electron chi connectivity index (χ1n) is 9.61. The van der Waals surface area contributed by atoms with Crippen LogP contribution in [0.3, 0.4) is 0 Å². The second-order valence-corrected chi connectivity index (χ2v) is 9.11. The largest absolute Gasteiger partial charge is 0.369 e. The number of ether oxygens (including phenoxy) is 1. The SMILES string of the molecule is CC(=O)[C@@H](C)NP(=O)(COCCn1cnc2c(=O)[nH]c(N)nc21)OCc1ccccc1. The van der Waals surface area contributed by atoms with E-state index in [9.17, 15) is 14.2 Å². The van der Waals surface area contributed by atoms with Crippen molar-refractivity contribution in [1.82, 2.24) is 24.6 Å². The van der Waals surface area contributed by atoms with Gasteiger partial charge in [-0.05, 0) is 19.4 Å². The van der Waals surface area contributed by atoms with Gasteiger partial charge in [-0.2, -0.15) is 4.98 Å². The van der Waals surface area contributed by atoms with Crippen LogP contribution in [-0.4, -0.2) is 44.3 Å². The lowest BCUT2D eigenvalue weighted by atomic mass is 10.2. The number of hydrogen-bond donors (Lipinski definition) is 3. The van der Waals surface area contributed by atoms with Crippen LogP contribution in [0.2, 0.25) is 0 Å². The molecular formula is C19H25N6O5P. The number of hydrogen-bond acceptors (Lipinski definition) is 8. The van der Waals surface area contributed by atoms with E-state index in [-0.39, 0.29) is 36.8 Å². The molecule has 166 valence electrons. The maximum atomic E-state index is 13.3. The summed E-state index contributed by atoms with van der Waals surface area (Å²) < 4.78 is 26.1. The van der Waals surface area contributed by atoms with Gasteiger partial charge in [-0.15, -0.1) is 0 Å². The summed E-state index contributed by atoms with van der Waals surface area (Å²) in [5, 5.41) is 2.77. The molecule has 12 heteroatoms. The normalized spacial score (nSPS) is 14.4. The van der Waals surface area contributed by atoms with Crippen LogP contribution in [0, 0.1) is 0 Å². The fourth-order valence-electron chi connectivity index (χ4n) is 2.73. The number of imidazole rings is 1. The lowest BCUT2D eigenvalue weighted by Crippen LogP contribution is -2.32. The standard InChI is InChI=1S/C19H25N6O5P/c1-13(14(2)26)24-31(28,30-10-15-6-4-3-5-7-15)12-29-9-8-25-11-21-16-17(25)22-19(20)23-18(16)27/h3-7,11,13H,8-10,12H2,1-2H3,(H,24,28)(H3,20,22,23,27)/t13-,31?/m1/s1. The van der Waals surface area contributed by atoms with E-state index in [4.69, 9.17) is 15.0 Å². The van der Waals surface area contributed by atoms with Gasteiger partial charge in [0.1, 0.15) is 12.1 Å². The first-order chi connectivity index (χ1) is 14.8. The zero-order valence-electron chi connectivity index (χ0n) is 17.3. The molecule has 0 aliphatic rings. The van der Waals surface area contributed by atoms with Gasteiger partial charge < -0.3 is 19.6 Å². The summed E-state index contributed by atoms with van der Waals surface area (Å²) in [5.41, 5.74) is 6.51. The van der Waals surface area contributed by atoms with Gasteiger partial charge in [0.25, 0.3) is 13.1 Å². The third-order valence-corrected chi connectivity index (χ3v) is 6.36. The minimum Gasteiger partial charge on any atom is -0.369 e. The Bertz CT molecular complexity index is 1150. The number of aromatic amines is 1. The number of carbonyl (C=O) groups excluding carboxylic acids is 1. The van der Waals surface area contributed by atoms with Crippen LogP contribution in [-0.2, 0) is 31.8 Å². The van der Waals surface area contributed by atoms with E-state index < -0.39 is 19.1 Å². The summed E-state index contributed by atoms with van der Waals surface area (Å²) >= 11 is 0. The number of nitrogens with zero attached hydrogens (tertiary/aromatic N) is 3. The second kappa shape index (κ2) is 9.97. The summed E-state index contributed by atoms with van der Waals surface area (Å²) in [4.78, 5) is 34.0. The first-order valence-corrected chi connectivity index (χ1v) is 11.4. The van der Waals surface area contributed by atoms with Crippen LogP contribution in [0.4, 0.5) is 5.95 Å². The predicted octanol–water partition coefficient (Wildman–Crippen LogP) is 1.65. The Morgan fingerprint density at radius 3 is 2.81 bits per heavy atom. The number of anilines is 1. The summed E-state index contributed by atoms with van der Waals surface area (Å²) in [5.74, 6) is -0.177. The number of aromatic nitrogens is 4. The monoisotopic (exact) mass is 448 g/mol. The zero-order valence-corrected chi connectivity index (χ0v) is 18.2. The van der Waals surface area contributed by atoms with Crippen molar-refractivity contribution in [1.29, 1.82) is 0 Å². The summed E-state index contributed by atoms with van der Waals surface area (Å²) in [6.07, 6.45) is 1.22. The molecule has 0 radical (unpaired) electrons. The Morgan fingerprint density at radius 1 is 1.35 bits per heavy atom. The van der Waals surface area contributed by atoms with Gasteiger partial charge in [0.15, 0.2) is 11.2 Å². The smallest absolute Gasteiger partial charge is 0.295 e. The molecular weight excluding hydrogens is 423 g/mol. The fourth-order valence-corrected chi connectivity index (χ4v) is 4.46. The maximum absolute atomic E-state index is 13.3. The topological polar surface area (TPSA) is 154 Å². The highest BCUT2D eigenvalue weighted by molar-refractivity contribution is 7.56. The molecule has 0 saturated heterocycles. The van der Waals surface area contributed by atoms with E-state index in [1.165, 1.54) is 13.3 Å². The van der Waals surface area contributed by atoms with E-state index in [1.807, 2.05) is 30.3 Å². The Kier molecular flexibility index (Phi) is 7.34. The van der Waals surface area contributed by atoms with Gasteiger partial charge in [0.2, 0.25) is 5.95 Å². The Hall–Kier alpha value is -2.85. The van der Waals surface area contributed by atoms with Crippen molar-refractivity contribution in [3.8, 4) is 0 Å². The third-order valence-electron chi connectivity index (χ3n) is 4.51. The molecule has 0 bridgehead atoms. The molecule has 0 amide bonds. The highest BCUT2D eigenvalue weighted by atomic mass is 31.2. The molecule has 1 unspecified atom stereocenters. The van der Waals surface area contributed by atoms with E-state index >= 15 is 0 Å². The van der Waals surface area contributed by atoms with E-state index in [2.05, 4.69) is 20.0 Å². The van der Waals surface area contributed by atoms with E-state index in [0.717, 1.165) is 5.56 Å². The lowest BCUT2D eigenvalue weighted by Gasteiger charge is -2.22. The van der Waals surface area contributed by atoms with Crippen LogP contribution in [0.25, 0.3) is 11.2 Å². The lowest BCUT2D eigenvalue weighted by molar-refractivity contribution is -0.118. The summed E-state index contributed by atoms with van der Waals surface area (Å²) in [7, 11) is -3.47. The maximum Gasteiger partial charge on any atom is 0.295 e.